The van der Waals surface area contributed by atoms with Gasteiger partial charge in [0.15, 0.2) is 0 Å². The molecule has 0 atom stereocenters. The minimum absolute atomic E-state index is 0.0145. The molecule has 154 valence electrons. The molecule has 1 aromatic heterocycles. The average molecular weight is 443 g/mol. The molecule has 8 nitrogen and oxygen atoms in total. The number of nitrogens with zero attached hydrogens (tertiary/aromatic N) is 1. The molecule has 0 saturated heterocycles. The molecule has 0 fully saturated rings. The van der Waals surface area contributed by atoms with Crippen LogP contribution in [0.2, 0.25) is 0 Å². The monoisotopic (exact) mass is 443 g/mol. The maximum Gasteiger partial charge on any atom is 0.264 e. The second kappa shape index (κ2) is 7.44. The molecule has 29 heavy (non-hydrogen) atoms. The van der Waals surface area contributed by atoms with Gasteiger partial charge in [0, 0.05) is 17.3 Å². The Morgan fingerprint density at radius 1 is 0.897 bits per heavy atom. The van der Waals surface area contributed by atoms with Gasteiger partial charge in [-0.2, -0.15) is 0 Å². The van der Waals surface area contributed by atoms with E-state index in [1.54, 1.807) is 13.8 Å². The molecule has 12 heteroatoms. The molecule has 3 aromatic rings. The quantitative estimate of drug-likeness (QED) is 0.604. The van der Waals surface area contributed by atoms with Gasteiger partial charge < -0.3 is 4.52 Å². The lowest BCUT2D eigenvalue weighted by Gasteiger charge is -2.10. The Morgan fingerprint density at radius 3 is 2.10 bits per heavy atom. The minimum Gasteiger partial charge on any atom is -0.337 e. The Bertz CT molecular complexity index is 1270. The number of hydrogen-bond donors (Lipinski definition) is 2. The van der Waals surface area contributed by atoms with Crippen molar-refractivity contribution in [3.05, 3.63) is 65.4 Å². The number of sulfonamides is 2. The van der Waals surface area contributed by atoms with E-state index >= 15 is 0 Å². The van der Waals surface area contributed by atoms with Crippen molar-refractivity contribution in [2.45, 2.75) is 23.6 Å². The number of halogens is 2. The van der Waals surface area contributed by atoms with Crippen LogP contribution in [0.3, 0.4) is 0 Å². The minimum atomic E-state index is -4.34. The summed E-state index contributed by atoms with van der Waals surface area (Å²) >= 11 is 0. The molecule has 0 unspecified atom stereocenters. The highest BCUT2D eigenvalue weighted by Gasteiger charge is 2.22. The Hall–Kier alpha value is -2.99. The Kier molecular flexibility index (Phi) is 5.32. The first-order valence-electron chi connectivity index (χ1n) is 8.03. The van der Waals surface area contributed by atoms with E-state index < -0.39 is 36.6 Å². The summed E-state index contributed by atoms with van der Waals surface area (Å²) in [4.78, 5) is -0.907. The molecule has 0 aliphatic carbocycles. The summed E-state index contributed by atoms with van der Waals surface area (Å²) in [7, 11) is -8.35. The van der Waals surface area contributed by atoms with E-state index in [1.807, 2.05) is 0 Å². The summed E-state index contributed by atoms with van der Waals surface area (Å²) in [6.45, 7) is 3.29. The van der Waals surface area contributed by atoms with Crippen molar-refractivity contribution in [3.8, 4) is 0 Å². The van der Waals surface area contributed by atoms with Crippen LogP contribution < -0.4 is 9.44 Å². The van der Waals surface area contributed by atoms with Crippen LogP contribution in [0.5, 0.6) is 0 Å². The number of anilines is 2. The van der Waals surface area contributed by atoms with Crippen LogP contribution in [0.15, 0.2) is 56.8 Å². The van der Waals surface area contributed by atoms with Crippen molar-refractivity contribution in [2.24, 2.45) is 0 Å². The summed E-state index contributed by atoms with van der Waals surface area (Å²) in [6, 6.07) is 6.73. The lowest BCUT2D eigenvalue weighted by atomic mass is 10.3. The van der Waals surface area contributed by atoms with Crippen LogP contribution in [-0.4, -0.2) is 22.0 Å². The molecule has 0 amide bonds. The molecule has 2 aromatic carbocycles. The summed E-state index contributed by atoms with van der Waals surface area (Å²) < 4.78 is 85.4. The summed E-state index contributed by atoms with van der Waals surface area (Å²) in [5.74, 6) is -2.20. The van der Waals surface area contributed by atoms with E-state index in [4.69, 9.17) is 4.52 Å². The zero-order valence-corrected chi connectivity index (χ0v) is 16.7. The third-order valence-corrected chi connectivity index (χ3v) is 6.75. The molecule has 0 saturated carbocycles. The van der Waals surface area contributed by atoms with Crippen LogP contribution in [0.1, 0.15) is 11.3 Å². The number of nitrogens with one attached hydrogen (secondary N) is 2. The SMILES string of the molecule is Cc1noc(NS(=O)(=O)c2ccc(NS(=O)(=O)c3ccc(F)cc3F)cc2)c1C. The van der Waals surface area contributed by atoms with Crippen molar-refractivity contribution in [1.29, 1.82) is 0 Å². The fourth-order valence-electron chi connectivity index (χ4n) is 2.30. The standard InChI is InChI=1S/C17H15F2N3O5S2/c1-10-11(2)20-27-17(10)22-28(23,24)14-6-4-13(5-7-14)21-29(25,26)16-8-3-12(18)9-15(16)19/h3-9,21-22H,1-2H3. The lowest BCUT2D eigenvalue weighted by Crippen LogP contribution is -2.15. The molecule has 0 aliphatic heterocycles. The second-order valence-electron chi connectivity index (χ2n) is 6.03. The molecule has 3 rings (SSSR count). The topological polar surface area (TPSA) is 118 Å². The van der Waals surface area contributed by atoms with Gasteiger partial charge in [-0.3, -0.25) is 4.72 Å². The van der Waals surface area contributed by atoms with Crippen molar-refractivity contribution in [3.63, 3.8) is 0 Å². The highest BCUT2D eigenvalue weighted by molar-refractivity contribution is 7.93. The summed E-state index contributed by atoms with van der Waals surface area (Å²) in [6.07, 6.45) is 0. The molecular weight excluding hydrogens is 428 g/mol. The van der Waals surface area contributed by atoms with Gasteiger partial charge >= 0.3 is 0 Å². The first-order valence-corrected chi connectivity index (χ1v) is 11.0. The first kappa shape index (κ1) is 20.7. The predicted molar refractivity (Wildman–Crippen MR) is 100 cm³/mol. The molecular formula is C17H15F2N3O5S2. The van der Waals surface area contributed by atoms with Crippen LogP contribution in [-0.2, 0) is 20.0 Å². The maximum absolute atomic E-state index is 13.7. The Labute approximate surface area is 165 Å². The lowest BCUT2D eigenvalue weighted by molar-refractivity contribution is 0.430. The predicted octanol–water partition coefficient (Wildman–Crippen LogP) is 3.17. The van der Waals surface area contributed by atoms with Gasteiger partial charge in [-0.1, -0.05) is 5.16 Å². The molecule has 0 spiro atoms. The Morgan fingerprint density at radius 2 is 1.55 bits per heavy atom. The largest absolute Gasteiger partial charge is 0.337 e. The van der Waals surface area contributed by atoms with E-state index in [1.165, 1.54) is 12.1 Å². The molecule has 0 bridgehead atoms. The summed E-state index contributed by atoms with van der Waals surface area (Å²) in [5, 5.41) is 3.66. The highest BCUT2D eigenvalue weighted by Crippen LogP contribution is 2.24. The molecule has 2 N–H and O–H groups in total. The average Bonchev–Trinajstić information content (AvgIpc) is 2.93. The van der Waals surface area contributed by atoms with Gasteiger partial charge in [0.05, 0.1) is 10.6 Å². The van der Waals surface area contributed by atoms with Crippen molar-refractivity contribution < 1.29 is 30.1 Å². The van der Waals surface area contributed by atoms with E-state index in [-0.39, 0.29) is 16.5 Å². The first-order chi connectivity index (χ1) is 13.5. The van der Waals surface area contributed by atoms with E-state index in [0.717, 1.165) is 24.3 Å². The smallest absolute Gasteiger partial charge is 0.264 e. The van der Waals surface area contributed by atoms with Gasteiger partial charge in [-0.25, -0.2) is 30.3 Å². The second-order valence-corrected chi connectivity index (χ2v) is 9.37. The third kappa shape index (κ3) is 4.38. The van der Waals surface area contributed by atoms with Crippen LogP contribution in [0, 0.1) is 25.5 Å². The summed E-state index contributed by atoms with van der Waals surface area (Å²) in [5.41, 5.74) is 1.04. The van der Waals surface area contributed by atoms with Gasteiger partial charge in [0.25, 0.3) is 20.0 Å². The van der Waals surface area contributed by atoms with Gasteiger partial charge in [-0.15, -0.1) is 0 Å². The highest BCUT2D eigenvalue weighted by atomic mass is 32.2. The normalized spacial score (nSPS) is 12.0. The number of benzene rings is 2. The molecule has 1 heterocycles. The van der Waals surface area contributed by atoms with Crippen molar-refractivity contribution in [1.82, 2.24) is 5.16 Å². The van der Waals surface area contributed by atoms with E-state index in [2.05, 4.69) is 14.6 Å². The van der Waals surface area contributed by atoms with Gasteiger partial charge in [0.2, 0.25) is 5.88 Å². The van der Waals surface area contributed by atoms with Crippen LogP contribution in [0.4, 0.5) is 20.4 Å². The third-order valence-electron chi connectivity index (χ3n) is 3.98. The van der Waals surface area contributed by atoms with E-state index in [9.17, 15) is 25.6 Å². The number of hydrogen-bond acceptors (Lipinski definition) is 6. The zero-order valence-electron chi connectivity index (χ0n) is 15.1. The molecule has 0 aliphatic rings. The number of aryl methyl sites for hydroxylation is 1. The Balaban J connectivity index is 1.81. The van der Waals surface area contributed by atoms with E-state index in [0.29, 0.717) is 17.3 Å². The number of rotatable bonds is 6. The van der Waals surface area contributed by atoms with Crippen LogP contribution >= 0.6 is 0 Å². The van der Waals surface area contributed by atoms with Crippen molar-refractivity contribution in [2.75, 3.05) is 9.44 Å². The maximum atomic E-state index is 13.7. The fourth-order valence-corrected chi connectivity index (χ4v) is 4.46. The van der Waals surface area contributed by atoms with Crippen molar-refractivity contribution >= 4 is 31.6 Å². The zero-order chi connectivity index (χ0) is 21.4. The van der Waals surface area contributed by atoms with Gasteiger partial charge in [0.1, 0.15) is 16.5 Å². The fraction of sp³-hybridized carbons (Fsp3) is 0.118. The molecule has 0 radical (unpaired) electrons. The van der Waals surface area contributed by atoms with Crippen LogP contribution in [0.25, 0.3) is 0 Å². The number of aromatic nitrogens is 1. The van der Waals surface area contributed by atoms with Gasteiger partial charge in [-0.05, 0) is 50.2 Å².